The molecule has 1 fully saturated rings. The van der Waals surface area contributed by atoms with Gasteiger partial charge in [0.2, 0.25) is 5.91 Å². The molecule has 1 saturated carbocycles. The summed E-state index contributed by atoms with van der Waals surface area (Å²) in [4.78, 5) is 11.5. The molecular formula is C10H16N2O. The number of carbonyl (C=O) groups excluding carboxylic acids is 1. The maximum Gasteiger partial charge on any atom is 0.224 e. The molecule has 1 aliphatic rings. The standard InChI is InChI=1S/C10H16N2O/c1-2-3-7-12-10(13)8-5-4-6-9(8)11/h1,8-9H,3-7,11H2,(H,12,13). The van der Waals surface area contributed by atoms with Gasteiger partial charge in [0.1, 0.15) is 0 Å². The maximum atomic E-state index is 11.5. The summed E-state index contributed by atoms with van der Waals surface area (Å²) >= 11 is 0. The molecule has 3 N–H and O–H groups in total. The van der Waals surface area contributed by atoms with Gasteiger partial charge in [0.15, 0.2) is 0 Å². The molecule has 1 amide bonds. The SMILES string of the molecule is C#CCCNC(=O)C1CCCC1N. The molecule has 0 aromatic carbocycles. The summed E-state index contributed by atoms with van der Waals surface area (Å²) in [6.45, 7) is 0.568. The highest BCUT2D eigenvalue weighted by Crippen LogP contribution is 2.23. The summed E-state index contributed by atoms with van der Waals surface area (Å²) in [7, 11) is 0. The Bertz CT molecular complexity index is 219. The van der Waals surface area contributed by atoms with Gasteiger partial charge in [0, 0.05) is 19.0 Å². The second-order valence-electron chi connectivity index (χ2n) is 3.45. The van der Waals surface area contributed by atoms with Crippen LogP contribution in [0.2, 0.25) is 0 Å². The Morgan fingerprint density at radius 1 is 1.62 bits per heavy atom. The maximum absolute atomic E-state index is 11.5. The summed E-state index contributed by atoms with van der Waals surface area (Å²) < 4.78 is 0. The molecular weight excluding hydrogens is 164 g/mol. The van der Waals surface area contributed by atoms with Crippen LogP contribution in [0.5, 0.6) is 0 Å². The first kappa shape index (κ1) is 10.1. The molecule has 72 valence electrons. The van der Waals surface area contributed by atoms with Crippen molar-refractivity contribution in [3.05, 3.63) is 0 Å². The second kappa shape index (κ2) is 4.88. The summed E-state index contributed by atoms with van der Waals surface area (Å²) in [5, 5.41) is 2.79. The van der Waals surface area contributed by atoms with Crippen LogP contribution >= 0.6 is 0 Å². The third-order valence-corrected chi connectivity index (χ3v) is 2.47. The lowest BCUT2D eigenvalue weighted by molar-refractivity contribution is -0.125. The minimum absolute atomic E-state index is 0.0118. The van der Waals surface area contributed by atoms with Crippen LogP contribution in [0.15, 0.2) is 0 Å². The van der Waals surface area contributed by atoms with Crippen LogP contribution in [-0.2, 0) is 4.79 Å². The van der Waals surface area contributed by atoms with E-state index in [9.17, 15) is 4.79 Å². The molecule has 0 saturated heterocycles. The zero-order valence-electron chi connectivity index (χ0n) is 7.75. The lowest BCUT2D eigenvalue weighted by atomic mass is 10.0. The fourth-order valence-electron chi connectivity index (χ4n) is 1.70. The fourth-order valence-corrected chi connectivity index (χ4v) is 1.70. The molecule has 0 aromatic heterocycles. The molecule has 0 spiro atoms. The Kier molecular flexibility index (Phi) is 3.78. The Hall–Kier alpha value is -1.01. The number of nitrogens with two attached hydrogens (primary N) is 1. The number of terminal acetylenes is 1. The quantitative estimate of drug-likeness (QED) is 0.483. The van der Waals surface area contributed by atoms with E-state index in [1.807, 2.05) is 0 Å². The number of amides is 1. The zero-order chi connectivity index (χ0) is 9.68. The van der Waals surface area contributed by atoms with Crippen LogP contribution in [0.3, 0.4) is 0 Å². The van der Waals surface area contributed by atoms with Crippen LogP contribution in [0.4, 0.5) is 0 Å². The monoisotopic (exact) mass is 180 g/mol. The normalized spacial score (nSPS) is 26.8. The van der Waals surface area contributed by atoms with Gasteiger partial charge in [-0.1, -0.05) is 6.42 Å². The molecule has 0 radical (unpaired) electrons. The summed E-state index contributed by atoms with van der Waals surface area (Å²) in [5.74, 6) is 2.56. The molecule has 3 nitrogen and oxygen atoms in total. The van der Waals surface area contributed by atoms with Gasteiger partial charge in [-0.25, -0.2) is 0 Å². The molecule has 1 rings (SSSR count). The minimum atomic E-state index is 0.0118. The van der Waals surface area contributed by atoms with Gasteiger partial charge in [0.25, 0.3) is 0 Å². The van der Waals surface area contributed by atoms with E-state index in [0.29, 0.717) is 13.0 Å². The number of hydrogen-bond donors (Lipinski definition) is 2. The average molecular weight is 180 g/mol. The molecule has 0 aromatic rings. The van der Waals surface area contributed by atoms with E-state index in [0.717, 1.165) is 19.3 Å². The number of rotatable bonds is 3. The molecule has 0 bridgehead atoms. The molecule has 2 unspecified atom stereocenters. The van der Waals surface area contributed by atoms with E-state index in [2.05, 4.69) is 11.2 Å². The van der Waals surface area contributed by atoms with E-state index in [1.165, 1.54) is 0 Å². The highest BCUT2D eigenvalue weighted by atomic mass is 16.1. The molecule has 2 atom stereocenters. The molecule has 0 aliphatic heterocycles. The zero-order valence-corrected chi connectivity index (χ0v) is 7.75. The molecule has 0 heterocycles. The molecule has 13 heavy (non-hydrogen) atoms. The van der Waals surface area contributed by atoms with Crippen molar-refractivity contribution in [2.75, 3.05) is 6.54 Å². The third-order valence-electron chi connectivity index (χ3n) is 2.47. The van der Waals surface area contributed by atoms with Gasteiger partial charge in [-0.15, -0.1) is 12.3 Å². The van der Waals surface area contributed by atoms with Crippen LogP contribution in [0, 0.1) is 18.3 Å². The first-order valence-electron chi connectivity index (χ1n) is 4.72. The Labute approximate surface area is 79.1 Å². The van der Waals surface area contributed by atoms with E-state index < -0.39 is 0 Å². The van der Waals surface area contributed by atoms with Crippen molar-refractivity contribution >= 4 is 5.91 Å². The van der Waals surface area contributed by atoms with Crippen LogP contribution in [0.1, 0.15) is 25.7 Å². The Morgan fingerprint density at radius 3 is 2.92 bits per heavy atom. The topological polar surface area (TPSA) is 55.1 Å². The summed E-state index contributed by atoms with van der Waals surface area (Å²) in [6.07, 6.45) is 8.61. The Balaban J connectivity index is 2.27. The first-order chi connectivity index (χ1) is 6.25. The van der Waals surface area contributed by atoms with Gasteiger partial charge in [0.05, 0.1) is 5.92 Å². The van der Waals surface area contributed by atoms with Crippen molar-refractivity contribution < 1.29 is 4.79 Å². The van der Waals surface area contributed by atoms with E-state index >= 15 is 0 Å². The highest BCUT2D eigenvalue weighted by molar-refractivity contribution is 5.79. The lowest BCUT2D eigenvalue weighted by Crippen LogP contribution is -2.38. The van der Waals surface area contributed by atoms with Gasteiger partial charge >= 0.3 is 0 Å². The van der Waals surface area contributed by atoms with Gasteiger partial charge in [-0.2, -0.15) is 0 Å². The molecule has 3 heteroatoms. The predicted octanol–water partition coefficient (Wildman–Crippen LogP) is 0.253. The second-order valence-corrected chi connectivity index (χ2v) is 3.45. The number of carbonyl (C=O) groups is 1. The first-order valence-corrected chi connectivity index (χ1v) is 4.72. The van der Waals surface area contributed by atoms with Crippen LogP contribution in [0.25, 0.3) is 0 Å². The van der Waals surface area contributed by atoms with Crippen molar-refractivity contribution in [1.82, 2.24) is 5.32 Å². The van der Waals surface area contributed by atoms with Gasteiger partial charge < -0.3 is 11.1 Å². The Morgan fingerprint density at radius 2 is 2.38 bits per heavy atom. The van der Waals surface area contributed by atoms with E-state index in [4.69, 9.17) is 12.2 Å². The fraction of sp³-hybridized carbons (Fsp3) is 0.700. The van der Waals surface area contributed by atoms with Crippen molar-refractivity contribution in [1.29, 1.82) is 0 Å². The van der Waals surface area contributed by atoms with Crippen molar-refractivity contribution in [3.63, 3.8) is 0 Å². The highest BCUT2D eigenvalue weighted by Gasteiger charge is 2.29. The summed E-state index contributed by atoms with van der Waals surface area (Å²) in [6, 6.07) is 0.0471. The van der Waals surface area contributed by atoms with E-state index in [1.54, 1.807) is 0 Å². The van der Waals surface area contributed by atoms with Crippen molar-refractivity contribution in [3.8, 4) is 12.3 Å². The molecule has 1 aliphatic carbocycles. The summed E-state index contributed by atoms with van der Waals surface area (Å²) in [5.41, 5.74) is 5.78. The smallest absolute Gasteiger partial charge is 0.224 e. The average Bonchev–Trinajstić information content (AvgIpc) is 2.52. The van der Waals surface area contributed by atoms with Gasteiger partial charge in [-0.05, 0) is 12.8 Å². The lowest BCUT2D eigenvalue weighted by Gasteiger charge is -2.14. The van der Waals surface area contributed by atoms with Crippen LogP contribution < -0.4 is 11.1 Å². The van der Waals surface area contributed by atoms with Crippen molar-refractivity contribution in [2.45, 2.75) is 31.7 Å². The number of nitrogens with one attached hydrogen (secondary N) is 1. The number of hydrogen-bond acceptors (Lipinski definition) is 2. The third kappa shape index (κ3) is 2.74. The van der Waals surface area contributed by atoms with Crippen molar-refractivity contribution in [2.24, 2.45) is 11.7 Å². The van der Waals surface area contributed by atoms with Crippen LogP contribution in [-0.4, -0.2) is 18.5 Å². The minimum Gasteiger partial charge on any atom is -0.355 e. The predicted molar refractivity (Wildman–Crippen MR) is 51.8 cm³/mol. The largest absolute Gasteiger partial charge is 0.355 e. The van der Waals surface area contributed by atoms with E-state index in [-0.39, 0.29) is 17.9 Å². The van der Waals surface area contributed by atoms with Gasteiger partial charge in [-0.3, -0.25) is 4.79 Å².